The summed E-state index contributed by atoms with van der Waals surface area (Å²) in [4.78, 5) is 0. The second-order valence-electron chi connectivity index (χ2n) is 6.16. The summed E-state index contributed by atoms with van der Waals surface area (Å²) >= 11 is 0. The molecule has 0 N–H and O–H groups in total. The van der Waals surface area contributed by atoms with Crippen LogP contribution in [0.3, 0.4) is 0 Å². The zero-order valence-corrected chi connectivity index (χ0v) is 11.2. The van der Waals surface area contributed by atoms with E-state index in [4.69, 9.17) is 0 Å². The Morgan fingerprint density at radius 3 is 1.72 bits per heavy atom. The van der Waals surface area contributed by atoms with Crippen LogP contribution in [0.15, 0.2) is 6.08 Å². The third kappa shape index (κ3) is 1.51. The van der Waals surface area contributed by atoms with Gasteiger partial charge < -0.3 is 0 Å². The van der Waals surface area contributed by atoms with Crippen LogP contribution in [0.5, 0.6) is 0 Å². The minimum Gasteiger partial charge on any atom is -0.0836 e. The van der Waals surface area contributed by atoms with Crippen molar-refractivity contribution in [3.63, 3.8) is 0 Å². The Labute approximate surface area is 110 Å². The van der Waals surface area contributed by atoms with Gasteiger partial charge in [-0.2, -0.15) is 0 Å². The van der Waals surface area contributed by atoms with E-state index in [1.54, 1.807) is 33.4 Å². The van der Waals surface area contributed by atoms with Crippen molar-refractivity contribution in [1.82, 2.24) is 0 Å². The van der Waals surface area contributed by atoms with Crippen molar-refractivity contribution >= 4 is 6.08 Å². The highest BCUT2D eigenvalue weighted by Gasteiger charge is 2.25. The standard InChI is InChI=1S/C18H22/c1-2-8-14-13(7-1)15-9-3-4-11-17(15)18-12-6-5-10-16(14)18/h1,7H,2-6,8-12H2. The molecule has 4 rings (SSSR count). The summed E-state index contributed by atoms with van der Waals surface area (Å²) < 4.78 is 0. The van der Waals surface area contributed by atoms with E-state index in [0.717, 1.165) is 0 Å². The summed E-state index contributed by atoms with van der Waals surface area (Å²) in [5.74, 6) is 0. The molecule has 0 aromatic heterocycles. The van der Waals surface area contributed by atoms with Gasteiger partial charge in [-0.3, -0.25) is 0 Å². The molecule has 0 unspecified atom stereocenters. The lowest BCUT2D eigenvalue weighted by Crippen LogP contribution is -2.18. The molecule has 94 valence electrons. The quantitative estimate of drug-likeness (QED) is 0.628. The monoisotopic (exact) mass is 238 g/mol. The molecule has 1 aromatic carbocycles. The van der Waals surface area contributed by atoms with E-state index >= 15 is 0 Å². The molecule has 0 saturated carbocycles. The van der Waals surface area contributed by atoms with Gasteiger partial charge in [-0.05, 0) is 97.6 Å². The van der Waals surface area contributed by atoms with Crippen molar-refractivity contribution in [1.29, 1.82) is 0 Å². The van der Waals surface area contributed by atoms with Crippen LogP contribution in [-0.2, 0) is 32.1 Å². The summed E-state index contributed by atoms with van der Waals surface area (Å²) in [5.41, 5.74) is 10.5. The lowest BCUT2D eigenvalue weighted by atomic mass is 9.73. The Balaban J connectivity index is 2.02. The predicted octanol–water partition coefficient (Wildman–Crippen LogP) is 4.40. The molecular weight excluding hydrogens is 216 g/mol. The van der Waals surface area contributed by atoms with Gasteiger partial charge >= 0.3 is 0 Å². The molecule has 0 bridgehead atoms. The molecule has 0 saturated heterocycles. The molecule has 0 aliphatic heterocycles. The lowest BCUT2D eigenvalue weighted by molar-refractivity contribution is 0.632. The van der Waals surface area contributed by atoms with Crippen LogP contribution in [0.4, 0.5) is 0 Å². The normalized spacial score (nSPS) is 21.1. The summed E-state index contributed by atoms with van der Waals surface area (Å²) in [5, 5.41) is 0. The summed E-state index contributed by atoms with van der Waals surface area (Å²) in [6.07, 6.45) is 18.5. The maximum Gasteiger partial charge on any atom is -0.0190 e. The minimum absolute atomic E-state index is 1.26. The SMILES string of the molecule is C1=Cc2c(c3c(c4c2CCCC4)CCCC3)CC1. The second-order valence-corrected chi connectivity index (χ2v) is 6.16. The molecule has 0 nitrogen and oxygen atoms in total. The Morgan fingerprint density at radius 1 is 0.556 bits per heavy atom. The van der Waals surface area contributed by atoms with Crippen molar-refractivity contribution in [2.45, 2.75) is 64.2 Å². The Morgan fingerprint density at radius 2 is 1.06 bits per heavy atom. The van der Waals surface area contributed by atoms with Crippen LogP contribution in [-0.4, -0.2) is 0 Å². The van der Waals surface area contributed by atoms with Crippen molar-refractivity contribution in [2.24, 2.45) is 0 Å². The number of rotatable bonds is 0. The van der Waals surface area contributed by atoms with Crippen LogP contribution in [0.25, 0.3) is 6.08 Å². The van der Waals surface area contributed by atoms with E-state index in [9.17, 15) is 0 Å². The van der Waals surface area contributed by atoms with Gasteiger partial charge in [0.15, 0.2) is 0 Å². The minimum atomic E-state index is 1.26. The van der Waals surface area contributed by atoms with Gasteiger partial charge in [0.1, 0.15) is 0 Å². The lowest BCUT2D eigenvalue weighted by Gasteiger charge is -2.31. The molecule has 0 atom stereocenters. The Bertz CT molecular complexity index is 520. The molecule has 18 heavy (non-hydrogen) atoms. The van der Waals surface area contributed by atoms with Crippen LogP contribution >= 0.6 is 0 Å². The number of hydrogen-bond donors (Lipinski definition) is 0. The number of benzene rings is 1. The zero-order valence-electron chi connectivity index (χ0n) is 11.2. The largest absolute Gasteiger partial charge is 0.0836 e. The van der Waals surface area contributed by atoms with E-state index < -0.39 is 0 Å². The molecule has 1 aromatic rings. The van der Waals surface area contributed by atoms with Gasteiger partial charge in [-0.15, -0.1) is 0 Å². The van der Waals surface area contributed by atoms with E-state index in [2.05, 4.69) is 12.2 Å². The molecule has 0 amide bonds. The first-order valence-corrected chi connectivity index (χ1v) is 7.80. The van der Waals surface area contributed by atoms with Gasteiger partial charge in [-0.1, -0.05) is 12.2 Å². The van der Waals surface area contributed by atoms with Crippen molar-refractivity contribution in [3.8, 4) is 0 Å². The molecule has 0 heteroatoms. The van der Waals surface area contributed by atoms with Gasteiger partial charge in [0.25, 0.3) is 0 Å². The maximum absolute atomic E-state index is 2.44. The zero-order chi connectivity index (χ0) is 11.9. The van der Waals surface area contributed by atoms with E-state index in [1.807, 2.05) is 0 Å². The molecule has 0 radical (unpaired) electrons. The fraction of sp³-hybridized carbons (Fsp3) is 0.556. The van der Waals surface area contributed by atoms with Crippen molar-refractivity contribution < 1.29 is 0 Å². The average Bonchev–Trinajstić information content (AvgIpc) is 2.48. The first kappa shape index (κ1) is 10.8. The number of hydrogen-bond acceptors (Lipinski definition) is 0. The highest BCUT2D eigenvalue weighted by atomic mass is 14.3. The summed E-state index contributed by atoms with van der Waals surface area (Å²) in [7, 11) is 0. The van der Waals surface area contributed by atoms with Crippen molar-refractivity contribution in [3.05, 3.63) is 39.5 Å². The fourth-order valence-electron chi connectivity index (χ4n) is 4.37. The van der Waals surface area contributed by atoms with Gasteiger partial charge in [0.2, 0.25) is 0 Å². The fourth-order valence-corrected chi connectivity index (χ4v) is 4.37. The smallest absolute Gasteiger partial charge is 0.0190 e. The predicted molar refractivity (Wildman–Crippen MR) is 77.1 cm³/mol. The third-order valence-electron chi connectivity index (χ3n) is 5.16. The second kappa shape index (κ2) is 4.26. The first-order valence-electron chi connectivity index (χ1n) is 7.80. The molecule has 0 spiro atoms. The third-order valence-corrected chi connectivity index (χ3v) is 5.16. The van der Waals surface area contributed by atoms with Crippen molar-refractivity contribution in [2.75, 3.05) is 0 Å². The van der Waals surface area contributed by atoms with E-state index in [-0.39, 0.29) is 0 Å². The average molecular weight is 238 g/mol. The Hall–Kier alpha value is -1.04. The van der Waals surface area contributed by atoms with Crippen LogP contribution in [0.1, 0.15) is 65.5 Å². The first-order chi connectivity index (χ1) is 8.95. The van der Waals surface area contributed by atoms with Crippen LogP contribution in [0.2, 0.25) is 0 Å². The number of fused-ring (bicyclic) bond motifs is 6. The van der Waals surface area contributed by atoms with Gasteiger partial charge in [0, 0.05) is 0 Å². The van der Waals surface area contributed by atoms with E-state index in [0.29, 0.717) is 0 Å². The Kier molecular flexibility index (Phi) is 2.57. The van der Waals surface area contributed by atoms with Crippen LogP contribution < -0.4 is 0 Å². The topological polar surface area (TPSA) is 0 Å². The summed E-state index contributed by atoms with van der Waals surface area (Å²) in [6, 6.07) is 0. The summed E-state index contributed by atoms with van der Waals surface area (Å²) in [6.45, 7) is 0. The number of allylic oxidation sites excluding steroid dienone is 1. The maximum atomic E-state index is 2.44. The molecule has 3 aliphatic carbocycles. The van der Waals surface area contributed by atoms with Crippen LogP contribution in [0, 0.1) is 0 Å². The molecule has 0 heterocycles. The molecular formula is C18H22. The highest BCUT2D eigenvalue weighted by Crippen LogP contribution is 2.39. The highest BCUT2D eigenvalue weighted by molar-refractivity contribution is 5.67. The molecule has 0 fully saturated rings. The van der Waals surface area contributed by atoms with Gasteiger partial charge in [0.05, 0.1) is 0 Å². The van der Waals surface area contributed by atoms with Gasteiger partial charge in [-0.25, -0.2) is 0 Å². The molecule has 3 aliphatic rings. The van der Waals surface area contributed by atoms with E-state index in [1.165, 1.54) is 64.2 Å².